The maximum atomic E-state index is 11.5. The van der Waals surface area contributed by atoms with E-state index < -0.39 is 0 Å². The van der Waals surface area contributed by atoms with Gasteiger partial charge in [-0.3, -0.25) is 4.79 Å². The molecule has 1 N–H and O–H groups in total. The summed E-state index contributed by atoms with van der Waals surface area (Å²) in [6.07, 6.45) is 2.23. The Morgan fingerprint density at radius 3 is 3.10 bits per heavy atom. The summed E-state index contributed by atoms with van der Waals surface area (Å²) in [5.74, 6) is 0.884. The highest BCUT2D eigenvalue weighted by atomic mass is 32.1. The molecule has 1 amide bonds. The van der Waals surface area contributed by atoms with Crippen LogP contribution in [-0.4, -0.2) is 27.0 Å². The van der Waals surface area contributed by atoms with Crippen LogP contribution in [0.4, 0.5) is 0 Å². The van der Waals surface area contributed by atoms with E-state index in [-0.39, 0.29) is 5.91 Å². The fourth-order valence-electron chi connectivity index (χ4n) is 2.05. The van der Waals surface area contributed by atoms with Crippen LogP contribution in [0.25, 0.3) is 15.7 Å². The molecule has 3 aromatic heterocycles. The van der Waals surface area contributed by atoms with E-state index in [0.717, 1.165) is 34.2 Å². The summed E-state index contributed by atoms with van der Waals surface area (Å²) < 4.78 is 1.88. The van der Waals surface area contributed by atoms with Crippen LogP contribution in [0.2, 0.25) is 0 Å². The number of nitrogens with zero attached hydrogens (tertiary/aromatic N) is 3. The average Bonchev–Trinajstić information content (AvgIpc) is 3.15. The van der Waals surface area contributed by atoms with Gasteiger partial charge in [-0.25, -0.2) is 4.52 Å². The van der Waals surface area contributed by atoms with Gasteiger partial charge in [0.05, 0.1) is 10.6 Å². The first-order chi connectivity index (χ1) is 10.3. The van der Waals surface area contributed by atoms with Crippen molar-refractivity contribution >= 4 is 33.5 Å². The van der Waals surface area contributed by atoms with Crippen LogP contribution in [0.15, 0.2) is 22.9 Å². The number of thiophene rings is 1. The molecular weight excluding hydrogens is 304 g/mol. The first-order valence-electron chi connectivity index (χ1n) is 6.91. The summed E-state index contributed by atoms with van der Waals surface area (Å²) in [5.41, 5.74) is 1.09. The van der Waals surface area contributed by atoms with Gasteiger partial charge in [0.25, 0.3) is 0 Å². The van der Waals surface area contributed by atoms with Crippen molar-refractivity contribution in [2.24, 2.45) is 0 Å². The van der Waals surface area contributed by atoms with Gasteiger partial charge >= 0.3 is 0 Å². The van der Waals surface area contributed by atoms with E-state index >= 15 is 0 Å². The highest BCUT2D eigenvalue weighted by Gasteiger charge is 2.12. The molecule has 7 heteroatoms. The molecule has 3 aromatic rings. The Morgan fingerprint density at radius 2 is 2.33 bits per heavy atom. The Hall–Kier alpha value is -1.73. The van der Waals surface area contributed by atoms with Crippen LogP contribution in [0.1, 0.15) is 25.5 Å². The zero-order valence-corrected chi connectivity index (χ0v) is 13.3. The lowest BCUT2D eigenvalue weighted by molar-refractivity contribution is -0.121. The molecule has 5 nitrogen and oxygen atoms in total. The minimum Gasteiger partial charge on any atom is -0.356 e. The molecule has 0 radical (unpaired) electrons. The molecular formula is C14H16N4OS2. The van der Waals surface area contributed by atoms with Crippen molar-refractivity contribution in [1.82, 2.24) is 19.9 Å². The molecule has 3 heterocycles. The molecule has 0 saturated carbocycles. The molecule has 110 valence electrons. The summed E-state index contributed by atoms with van der Waals surface area (Å²) in [4.78, 5) is 18.0. The van der Waals surface area contributed by atoms with E-state index in [2.05, 4.69) is 20.8 Å². The molecule has 0 aliphatic carbocycles. The fraction of sp³-hybridized carbons (Fsp3) is 0.357. The number of rotatable bonds is 6. The first kappa shape index (κ1) is 14.2. The number of carbonyl (C=O) groups is 1. The summed E-state index contributed by atoms with van der Waals surface area (Å²) in [6, 6.07) is 4.02. The third-order valence-corrected chi connectivity index (χ3v) is 4.80. The molecule has 0 spiro atoms. The normalized spacial score (nSPS) is 11.1. The smallest absolute Gasteiger partial charge is 0.219 e. The van der Waals surface area contributed by atoms with Crippen LogP contribution in [0.3, 0.4) is 0 Å². The lowest BCUT2D eigenvalue weighted by atomic mass is 10.3. The van der Waals surface area contributed by atoms with E-state index in [4.69, 9.17) is 0 Å². The number of hydrogen-bond donors (Lipinski definition) is 1. The predicted octanol–water partition coefficient (Wildman–Crippen LogP) is 2.98. The largest absolute Gasteiger partial charge is 0.356 e. The van der Waals surface area contributed by atoms with Gasteiger partial charge < -0.3 is 5.32 Å². The number of fused-ring (bicyclic) bond motifs is 1. The second-order valence-electron chi connectivity index (χ2n) is 4.68. The highest BCUT2D eigenvalue weighted by molar-refractivity contribution is 7.15. The summed E-state index contributed by atoms with van der Waals surface area (Å²) in [7, 11) is 0. The van der Waals surface area contributed by atoms with Gasteiger partial charge in [-0.1, -0.05) is 13.0 Å². The molecule has 0 aromatic carbocycles. The third kappa shape index (κ3) is 3.14. The lowest BCUT2D eigenvalue weighted by Crippen LogP contribution is -2.25. The molecule has 0 unspecified atom stereocenters. The van der Waals surface area contributed by atoms with Crippen molar-refractivity contribution in [2.75, 3.05) is 6.54 Å². The minimum absolute atomic E-state index is 0.113. The molecule has 0 bridgehead atoms. The number of nitrogens with one attached hydrogen (secondary N) is 1. The predicted molar refractivity (Wildman–Crippen MR) is 85.8 cm³/mol. The molecule has 0 fully saturated rings. The molecule has 3 rings (SSSR count). The van der Waals surface area contributed by atoms with Crippen LogP contribution in [0.5, 0.6) is 0 Å². The van der Waals surface area contributed by atoms with Gasteiger partial charge in [0, 0.05) is 24.8 Å². The molecule has 21 heavy (non-hydrogen) atoms. The number of amides is 1. The summed E-state index contributed by atoms with van der Waals surface area (Å²) in [6.45, 7) is 2.64. The Kier molecular flexibility index (Phi) is 4.31. The number of hydrogen-bond acceptors (Lipinski definition) is 5. The maximum absolute atomic E-state index is 11.5. The van der Waals surface area contributed by atoms with E-state index in [0.29, 0.717) is 13.0 Å². The highest BCUT2D eigenvalue weighted by Crippen LogP contribution is 2.24. The van der Waals surface area contributed by atoms with Gasteiger partial charge in [-0.2, -0.15) is 4.98 Å². The first-order valence-corrected chi connectivity index (χ1v) is 8.67. The van der Waals surface area contributed by atoms with E-state index in [1.54, 1.807) is 22.7 Å². The van der Waals surface area contributed by atoms with Crippen LogP contribution >= 0.6 is 22.7 Å². The van der Waals surface area contributed by atoms with Crippen molar-refractivity contribution in [3.63, 3.8) is 0 Å². The second-order valence-corrected chi connectivity index (χ2v) is 6.47. The zero-order chi connectivity index (χ0) is 14.7. The third-order valence-electron chi connectivity index (χ3n) is 3.07. The number of carbonyl (C=O) groups excluding carboxylic acids is 1. The van der Waals surface area contributed by atoms with Crippen molar-refractivity contribution in [2.45, 2.75) is 26.2 Å². The molecule has 0 atom stereocenters. The minimum atomic E-state index is 0.113. The van der Waals surface area contributed by atoms with Gasteiger partial charge in [-0.05, 0) is 17.9 Å². The summed E-state index contributed by atoms with van der Waals surface area (Å²) >= 11 is 3.22. The maximum Gasteiger partial charge on any atom is 0.219 e. The monoisotopic (exact) mass is 320 g/mol. The van der Waals surface area contributed by atoms with Crippen LogP contribution < -0.4 is 5.32 Å². The summed E-state index contributed by atoms with van der Waals surface area (Å²) in [5, 5.41) is 11.6. The van der Waals surface area contributed by atoms with Crippen LogP contribution in [-0.2, 0) is 11.2 Å². The molecule has 0 aliphatic rings. The van der Waals surface area contributed by atoms with Crippen molar-refractivity contribution in [1.29, 1.82) is 0 Å². The van der Waals surface area contributed by atoms with Gasteiger partial charge in [0.2, 0.25) is 10.9 Å². The standard InChI is InChI=1S/C14H16N4OS2/c1-2-4-12(19)15-7-6-10-9-21-14-16-13(17-18(10)14)11-5-3-8-20-11/h3,5,8-9H,2,4,6-7H2,1H3,(H,15,19). The average molecular weight is 320 g/mol. The Balaban J connectivity index is 1.70. The van der Waals surface area contributed by atoms with Gasteiger partial charge in [0.15, 0.2) is 5.82 Å². The van der Waals surface area contributed by atoms with Crippen molar-refractivity contribution < 1.29 is 4.79 Å². The Labute approximate surface area is 130 Å². The van der Waals surface area contributed by atoms with Crippen molar-refractivity contribution in [3.05, 3.63) is 28.6 Å². The Morgan fingerprint density at radius 1 is 1.43 bits per heavy atom. The Bertz CT molecular complexity index is 729. The van der Waals surface area contributed by atoms with Gasteiger partial charge in [-0.15, -0.1) is 27.8 Å². The SMILES string of the molecule is CCCC(=O)NCCc1csc2nc(-c3cccs3)nn12. The molecule has 0 aliphatic heterocycles. The second kappa shape index (κ2) is 6.36. The number of aromatic nitrogens is 3. The van der Waals surface area contributed by atoms with E-state index in [1.807, 2.05) is 29.0 Å². The topological polar surface area (TPSA) is 59.3 Å². The lowest BCUT2D eigenvalue weighted by Gasteiger charge is -2.02. The van der Waals surface area contributed by atoms with Gasteiger partial charge in [0.1, 0.15) is 0 Å². The van der Waals surface area contributed by atoms with E-state index in [1.165, 1.54) is 0 Å². The van der Waals surface area contributed by atoms with Crippen molar-refractivity contribution in [3.8, 4) is 10.7 Å². The van der Waals surface area contributed by atoms with Crippen LogP contribution in [0, 0.1) is 0 Å². The quantitative estimate of drug-likeness (QED) is 0.759. The zero-order valence-electron chi connectivity index (χ0n) is 11.7. The molecule has 0 saturated heterocycles. The fourth-order valence-corrected chi connectivity index (χ4v) is 3.56. The number of thiazole rings is 1. The van der Waals surface area contributed by atoms with E-state index in [9.17, 15) is 4.79 Å².